The van der Waals surface area contributed by atoms with E-state index in [0.29, 0.717) is 25.5 Å². The summed E-state index contributed by atoms with van der Waals surface area (Å²) in [5.74, 6) is 0.480. The summed E-state index contributed by atoms with van der Waals surface area (Å²) in [6, 6.07) is 1.53. The number of nitro groups is 1. The fraction of sp³-hybridized carbons (Fsp3) is 0.562. The third kappa shape index (κ3) is 3.20. The van der Waals surface area contributed by atoms with Gasteiger partial charge in [-0.3, -0.25) is 15.0 Å². The van der Waals surface area contributed by atoms with E-state index in [2.05, 4.69) is 4.98 Å². The van der Waals surface area contributed by atoms with Gasteiger partial charge in [0.1, 0.15) is 24.5 Å². The van der Waals surface area contributed by atoms with Crippen LogP contribution in [0.5, 0.6) is 5.75 Å². The van der Waals surface area contributed by atoms with Crippen molar-refractivity contribution >= 4 is 17.6 Å². The number of anilines is 1. The highest BCUT2D eigenvalue weighted by Gasteiger charge is 2.39. The van der Waals surface area contributed by atoms with Crippen LogP contribution in [-0.2, 0) is 4.74 Å². The minimum absolute atomic E-state index is 0.0928. The molecule has 1 saturated heterocycles. The molecule has 0 radical (unpaired) electrons. The molecule has 138 valence electrons. The molecule has 1 aromatic heterocycles. The van der Waals surface area contributed by atoms with E-state index in [1.807, 2.05) is 11.0 Å². The number of ether oxygens (including phenoxy) is 2. The van der Waals surface area contributed by atoms with Gasteiger partial charge in [0.05, 0.1) is 11.0 Å². The van der Waals surface area contributed by atoms with Gasteiger partial charge in [-0.05, 0) is 20.8 Å². The van der Waals surface area contributed by atoms with Crippen LogP contribution in [0.4, 0.5) is 16.3 Å². The number of hydrogen-bond donors (Lipinski definition) is 0. The molecule has 0 aromatic carbocycles. The number of nitriles is 1. The first-order chi connectivity index (χ1) is 12.2. The maximum absolute atomic E-state index is 12.4. The van der Waals surface area contributed by atoms with E-state index in [9.17, 15) is 20.2 Å². The second-order valence-corrected chi connectivity index (χ2v) is 7.12. The van der Waals surface area contributed by atoms with E-state index in [1.165, 1.54) is 0 Å². The van der Waals surface area contributed by atoms with E-state index in [0.717, 1.165) is 6.20 Å². The van der Waals surface area contributed by atoms with Gasteiger partial charge in [-0.25, -0.2) is 9.78 Å². The molecule has 1 amide bonds. The van der Waals surface area contributed by atoms with Crippen molar-refractivity contribution < 1.29 is 19.2 Å². The van der Waals surface area contributed by atoms with E-state index in [-0.39, 0.29) is 24.0 Å². The summed E-state index contributed by atoms with van der Waals surface area (Å²) in [5.41, 5.74) is -1.16. The second kappa shape index (κ2) is 6.33. The number of hydrogen-bond acceptors (Lipinski definition) is 8. The smallest absolute Gasteiger partial charge is 0.410 e. The Balaban J connectivity index is 1.90. The molecule has 0 N–H and O–H groups in total. The lowest BCUT2D eigenvalue weighted by Gasteiger charge is -2.39. The van der Waals surface area contributed by atoms with Crippen molar-refractivity contribution in [2.75, 3.05) is 31.1 Å². The zero-order valence-electron chi connectivity index (χ0n) is 14.8. The average Bonchev–Trinajstić information content (AvgIpc) is 2.69. The molecule has 0 aliphatic carbocycles. The van der Waals surface area contributed by atoms with Crippen molar-refractivity contribution in [3.63, 3.8) is 0 Å². The zero-order chi connectivity index (χ0) is 19.1. The summed E-state index contributed by atoms with van der Waals surface area (Å²) in [6.45, 7) is 6.79. The van der Waals surface area contributed by atoms with Crippen molar-refractivity contribution in [2.45, 2.75) is 32.4 Å². The molecule has 1 aromatic rings. The highest BCUT2D eigenvalue weighted by Crippen LogP contribution is 2.38. The first-order valence-electron chi connectivity index (χ1n) is 8.16. The minimum atomic E-state index is -0.658. The van der Waals surface area contributed by atoms with Crippen LogP contribution in [0, 0.1) is 21.4 Å². The van der Waals surface area contributed by atoms with E-state index >= 15 is 0 Å². The molecule has 2 bridgehead atoms. The number of fused-ring (bicyclic) bond motifs is 4. The third-order valence-corrected chi connectivity index (χ3v) is 4.13. The number of nitrogens with zero attached hydrogens (tertiary/aromatic N) is 5. The molecule has 0 saturated carbocycles. The summed E-state index contributed by atoms with van der Waals surface area (Å²) < 4.78 is 11.1. The standard InChI is InChI=1S/C16H19N5O5/c1-16(2,3)26-15(22)20-5-4-19-8-10(20)9-25-13-11(6-17)12(21(23)24)7-18-14(13)19/h7,10H,4-5,8-9H2,1-3H3/t10-/m1/s1. The Kier molecular flexibility index (Phi) is 4.31. The van der Waals surface area contributed by atoms with Gasteiger partial charge in [-0.2, -0.15) is 5.26 Å². The number of rotatable bonds is 1. The van der Waals surface area contributed by atoms with Gasteiger partial charge in [0.2, 0.25) is 0 Å². The number of carbonyl (C=O) groups excluding carboxylic acids is 1. The Morgan fingerprint density at radius 1 is 1.50 bits per heavy atom. The molecule has 0 unspecified atom stereocenters. The van der Waals surface area contributed by atoms with Gasteiger partial charge in [0.25, 0.3) is 0 Å². The van der Waals surface area contributed by atoms with Gasteiger partial charge in [-0.15, -0.1) is 0 Å². The molecular formula is C16H19N5O5. The fourth-order valence-corrected chi connectivity index (χ4v) is 3.01. The SMILES string of the molecule is CC(C)(C)OC(=O)N1CCN2C[C@@H]1COc1c2ncc([N+](=O)[O-])c1C#N. The summed E-state index contributed by atoms with van der Waals surface area (Å²) in [5, 5.41) is 20.5. The Morgan fingerprint density at radius 3 is 2.85 bits per heavy atom. The topological polar surface area (TPSA) is 122 Å². The van der Waals surface area contributed by atoms with Gasteiger partial charge in [-0.1, -0.05) is 0 Å². The molecule has 3 rings (SSSR count). The van der Waals surface area contributed by atoms with Crippen molar-refractivity contribution in [2.24, 2.45) is 0 Å². The summed E-state index contributed by atoms with van der Waals surface area (Å²) in [7, 11) is 0. The monoisotopic (exact) mass is 361 g/mol. The van der Waals surface area contributed by atoms with Crippen LogP contribution in [0.1, 0.15) is 26.3 Å². The normalized spacial score (nSPS) is 18.9. The molecule has 10 heteroatoms. The van der Waals surface area contributed by atoms with Crippen LogP contribution in [0.25, 0.3) is 0 Å². The van der Waals surface area contributed by atoms with Crippen LogP contribution < -0.4 is 9.64 Å². The highest BCUT2D eigenvalue weighted by molar-refractivity contribution is 5.71. The average molecular weight is 361 g/mol. The van der Waals surface area contributed by atoms with Crippen LogP contribution in [0.15, 0.2) is 6.20 Å². The maximum atomic E-state index is 12.4. The highest BCUT2D eigenvalue weighted by atomic mass is 16.6. The van der Waals surface area contributed by atoms with Gasteiger partial charge < -0.3 is 14.4 Å². The lowest BCUT2D eigenvalue weighted by atomic mass is 10.1. The number of piperazine rings is 1. The van der Waals surface area contributed by atoms with Crippen molar-refractivity contribution in [1.82, 2.24) is 9.88 Å². The molecule has 3 heterocycles. The largest absolute Gasteiger partial charge is 0.486 e. The van der Waals surface area contributed by atoms with Gasteiger partial charge in [0, 0.05) is 19.6 Å². The molecule has 1 atom stereocenters. The van der Waals surface area contributed by atoms with Gasteiger partial charge in [0.15, 0.2) is 17.1 Å². The Morgan fingerprint density at radius 2 is 2.23 bits per heavy atom. The molecule has 2 aliphatic heterocycles. The molecule has 1 fully saturated rings. The zero-order valence-corrected chi connectivity index (χ0v) is 14.8. The summed E-state index contributed by atoms with van der Waals surface area (Å²) in [4.78, 5) is 30.5. The van der Waals surface area contributed by atoms with Crippen molar-refractivity contribution in [3.05, 3.63) is 21.9 Å². The van der Waals surface area contributed by atoms with E-state index < -0.39 is 22.3 Å². The Labute approximate surface area is 150 Å². The third-order valence-electron chi connectivity index (χ3n) is 4.13. The maximum Gasteiger partial charge on any atom is 0.410 e. The summed E-state index contributed by atoms with van der Waals surface area (Å²) in [6.07, 6.45) is 0.637. The van der Waals surface area contributed by atoms with Crippen LogP contribution in [-0.4, -0.2) is 58.8 Å². The molecule has 2 aliphatic rings. The predicted molar refractivity (Wildman–Crippen MR) is 90.0 cm³/mol. The lowest BCUT2D eigenvalue weighted by molar-refractivity contribution is -0.385. The Bertz CT molecular complexity index is 797. The van der Waals surface area contributed by atoms with Gasteiger partial charge >= 0.3 is 11.8 Å². The first kappa shape index (κ1) is 17.7. The van der Waals surface area contributed by atoms with Crippen molar-refractivity contribution in [3.8, 4) is 11.8 Å². The predicted octanol–water partition coefficient (Wildman–Crippen LogP) is 1.68. The van der Waals surface area contributed by atoms with E-state index in [1.54, 1.807) is 25.7 Å². The molecular weight excluding hydrogens is 342 g/mol. The molecule has 10 nitrogen and oxygen atoms in total. The number of carbonyl (C=O) groups is 1. The van der Waals surface area contributed by atoms with Crippen molar-refractivity contribution in [1.29, 1.82) is 5.26 Å². The summed E-state index contributed by atoms with van der Waals surface area (Å²) >= 11 is 0. The van der Waals surface area contributed by atoms with Crippen LogP contribution in [0.2, 0.25) is 0 Å². The number of amides is 1. The molecule has 0 spiro atoms. The Hall–Kier alpha value is -3.09. The lowest BCUT2D eigenvalue weighted by Crippen LogP contribution is -2.57. The minimum Gasteiger partial charge on any atom is -0.486 e. The molecule has 26 heavy (non-hydrogen) atoms. The van der Waals surface area contributed by atoms with Crippen LogP contribution in [0.3, 0.4) is 0 Å². The fourth-order valence-electron chi connectivity index (χ4n) is 3.01. The van der Waals surface area contributed by atoms with Crippen LogP contribution >= 0.6 is 0 Å². The number of pyridine rings is 1. The second-order valence-electron chi connectivity index (χ2n) is 7.12. The first-order valence-corrected chi connectivity index (χ1v) is 8.16. The number of aromatic nitrogens is 1. The van der Waals surface area contributed by atoms with E-state index in [4.69, 9.17) is 9.47 Å². The quantitative estimate of drug-likeness (QED) is 0.547.